The molecule has 0 spiro atoms. The predicted molar refractivity (Wildman–Crippen MR) is 52.6 cm³/mol. The van der Waals surface area contributed by atoms with E-state index in [9.17, 15) is 0 Å². The summed E-state index contributed by atoms with van der Waals surface area (Å²) in [6.45, 7) is 3.52. The predicted octanol–water partition coefficient (Wildman–Crippen LogP) is 2.76. The van der Waals surface area contributed by atoms with Gasteiger partial charge in [-0.2, -0.15) is 0 Å². The first-order valence-electron chi connectivity index (χ1n) is 4.03. The lowest BCUT2D eigenvalue weighted by Gasteiger charge is -2.03. The van der Waals surface area contributed by atoms with Crippen LogP contribution in [0.25, 0.3) is 10.9 Å². The zero-order valence-electron chi connectivity index (χ0n) is 7.10. The highest BCUT2D eigenvalue weighted by Crippen LogP contribution is 2.23. The zero-order chi connectivity index (χ0) is 9.10. The van der Waals surface area contributed by atoms with Gasteiger partial charge in [-0.1, -0.05) is 12.6 Å². The number of fused-ring (bicyclic) bond motifs is 1. The van der Waals surface area contributed by atoms with Crippen LogP contribution >= 0.6 is 0 Å². The molecule has 0 unspecified atom stereocenters. The minimum atomic E-state index is 0.792. The van der Waals surface area contributed by atoms with E-state index < -0.39 is 0 Å². The van der Waals surface area contributed by atoms with Gasteiger partial charge in [0.15, 0.2) is 0 Å². The van der Waals surface area contributed by atoms with Crippen LogP contribution < -0.4 is 4.74 Å². The van der Waals surface area contributed by atoms with E-state index in [1.165, 1.54) is 6.26 Å². The normalized spacial score (nSPS) is 9.85. The Morgan fingerprint density at radius 3 is 3.00 bits per heavy atom. The fraction of sp³-hybridized carbons (Fsp3) is 0. The average molecular weight is 171 g/mol. The largest absolute Gasteiger partial charge is 0.465 e. The number of ether oxygens (including phenoxy) is 1. The molecule has 1 aromatic heterocycles. The Hall–Kier alpha value is -1.83. The second-order valence-corrected chi connectivity index (χ2v) is 2.61. The van der Waals surface area contributed by atoms with Crippen molar-refractivity contribution in [2.45, 2.75) is 0 Å². The Morgan fingerprint density at radius 2 is 2.15 bits per heavy atom. The van der Waals surface area contributed by atoms with Gasteiger partial charge >= 0.3 is 0 Å². The second kappa shape index (κ2) is 3.27. The molecule has 0 aliphatic rings. The average Bonchev–Trinajstić information content (AvgIpc) is 2.19. The summed E-state index contributed by atoms with van der Waals surface area (Å²) in [6.07, 6.45) is 3.18. The molecule has 2 rings (SSSR count). The second-order valence-electron chi connectivity index (χ2n) is 2.61. The SMILES string of the molecule is C=COc1cccc2ncccc12. The molecule has 2 aromatic rings. The van der Waals surface area contributed by atoms with Gasteiger partial charge in [0.1, 0.15) is 5.75 Å². The maximum absolute atomic E-state index is 5.24. The van der Waals surface area contributed by atoms with Crippen LogP contribution in [0, 0.1) is 0 Å². The van der Waals surface area contributed by atoms with Crippen LogP contribution in [-0.2, 0) is 0 Å². The van der Waals surface area contributed by atoms with Gasteiger partial charge < -0.3 is 4.74 Å². The minimum Gasteiger partial charge on any atom is -0.465 e. The number of nitrogens with zero attached hydrogens (tertiary/aromatic N) is 1. The lowest BCUT2D eigenvalue weighted by Crippen LogP contribution is -1.84. The fourth-order valence-corrected chi connectivity index (χ4v) is 1.27. The van der Waals surface area contributed by atoms with E-state index in [1.54, 1.807) is 6.20 Å². The summed E-state index contributed by atoms with van der Waals surface area (Å²) < 4.78 is 5.24. The Labute approximate surface area is 76.5 Å². The molecule has 0 fully saturated rings. The molecule has 0 N–H and O–H groups in total. The molecule has 0 saturated carbocycles. The van der Waals surface area contributed by atoms with Crippen molar-refractivity contribution in [3.8, 4) is 5.75 Å². The van der Waals surface area contributed by atoms with E-state index in [4.69, 9.17) is 4.74 Å². The topological polar surface area (TPSA) is 22.1 Å². The Bertz CT molecular complexity index is 432. The van der Waals surface area contributed by atoms with Gasteiger partial charge in [0.25, 0.3) is 0 Å². The van der Waals surface area contributed by atoms with Gasteiger partial charge in [-0.05, 0) is 24.3 Å². The van der Waals surface area contributed by atoms with Gasteiger partial charge in [-0.3, -0.25) is 4.98 Å². The van der Waals surface area contributed by atoms with Crippen molar-refractivity contribution in [3.63, 3.8) is 0 Å². The number of rotatable bonds is 2. The van der Waals surface area contributed by atoms with Crippen molar-refractivity contribution in [2.24, 2.45) is 0 Å². The van der Waals surface area contributed by atoms with Gasteiger partial charge in [0.05, 0.1) is 11.8 Å². The molecular weight excluding hydrogens is 162 g/mol. The summed E-state index contributed by atoms with van der Waals surface area (Å²) in [6, 6.07) is 9.62. The molecule has 0 amide bonds. The fourth-order valence-electron chi connectivity index (χ4n) is 1.27. The summed E-state index contributed by atoms with van der Waals surface area (Å²) in [4.78, 5) is 4.21. The van der Waals surface area contributed by atoms with Crippen molar-refractivity contribution in [1.82, 2.24) is 4.98 Å². The molecule has 1 heterocycles. The lowest BCUT2D eigenvalue weighted by atomic mass is 10.2. The van der Waals surface area contributed by atoms with Crippen LogP contribution in [0.15, 0.2) is 49.4 Å². The third-order valence-corrected chi connectivity index (χ3v) is 1.82. The molecular formula is C11H9NO. The maximum Gasteiger partial charge on any atom is 0.135 e. The van der Waals surface area contributed by atoms with E-state index in [0.29, 0.717) is 0 Å². The smallest absolute Gasteiger partial charge is 0.135 e. The van der Waals surface area contributed by atoms with Crippen LogP contribution in [0.3, 0.4) is 0 Å². The standard InChI is InChI=1S/C11H9NO/c1-2-13-11-7-3-6-10-9(11)5-4-8-12-10/h2-8H,1H2. The van der Waals surface area contributed by atoms with E-state index in [2.05, 4.69) is 11.6 Å². The van der Waals surface area contributed by atoms with E-state index in [-0.39, 0.29) is 0 Å². The van der Waals surface area contributed by atoms with Gasteiger partial charge in [-0.25, -0.2) is 0 Å². The molecule has 0 bridgehead atoms. The molecule has 0 aliphatic carbocycles. The van der Waals surface area contributed by atoms with Crippen LogP contribution in [0.2, 0.25) is 0 Å². The number of hydrogen-bond acceptors (Lipinski definition) is 2. The molecule has 1 aromatic carbocycles. The maximum atomic E-state index is 5.24. The highest BCUT2D eigenvalue weighted by Gasteiger charge is 1.99. The van der Waals surface area contributed by atoms with Gasteiger partial charge in [-0.15, -0.1) is 0 Å². The zero-order valence-corrected chi connectivity index (χ0v) is 7.10. The van der Waals surface area contributed by atoms with Crippen molar-refractivity contribution >= 4 is 10.9 Å². The summed E-state index contributed by atoms with van der Waals surface area (Å²) in [5.41, 5.74) is 0.932. The number of benzene rings is 1. The minimum absolute atomic E-state index is 0.792. The van der Waals surface area contributed by atoms with Crippen molar-refractivity contribution in [2.75, 3.05) is 0 Å². The van der Waals surface area contributed by atoms with Crippen molar-refractivity contribution < 1.29 is 4.74 Å². The summed E-state index contributed by atoms with van der Waals surface area (Å²) >= 11 is 0. The van der Waals surface area contributed by atoms with Gasteiger partial charge in [0, 0.05) is 11.6 Å². The highest BCUT2D eigenvalue weighted by atomic mass is 16.5. The van der Waals surface area contributed by atoms with Crippen LogP contribution in [0.5, 0.6) is 5.75 Å². The van der Waals surface area contributed by atoms with Crippen LogP contribution in [0.1, 0.15) is 0 Å². The van der Waals surface area contributed by atoms with Crippen LogP contribution in [0.4, 0.5) is 0 Å². The molecule has 0 aliphatic heterocycles. The first-order chi connectivity index (χ1) is 6.42. The molecule has 13 heavy (non-hydrogen) atoms. The van der Waals surface area contributed by atoms with E-state index in [1.807, 2.05) is 30.3 Å². The molecule has 64 valence electrons. The Balaban J connectivity index is 2.68. The third kappa shape index (κ3) is 1.38. The lowest BCUT2D eigenvalue weighted by molar-refractivity contribution is 0.489. The molecule has 0 radical (unpaired) electrons. The Kier molecular flexibility index (Phi) is 1.96. The highest BCUT2D eigenvalue weighted by molar-refractivity contribution is 5.84. The van der Waals surface area contributed by atoms with Crippen molar-refractivity contribution in [1.29, 1.82) is 0 Å². The third-order valence-electron chi connectivity index (χ3n) is 1.82. The number of pyridine rings is 1. The summed E-state index contributed by atoms with van der Waals surface area (Å²) in [7, 11) is 0. The molecule has 0 atom stereocenters. The van der Waals surface area contributed by atoms with Crippen LogP contribution in [-0.4, -0.2) is 4.98 Å². The summed E-state index contributed by atoms with van der Waals surface area (Å²) in [5.74, 6) is 0.792. The Morgan fingerprint density at radius 1 is 1.23 bits per heavy atom. The molecule has 2 heteroatoms. The molecule has 0 saturated heterocycles. The van der Waals surface area contributed by atoms with Crippen molar-refractivity contribution in [3.05, 3.63) is 49.4 Å². The van der Waals surface area contributed by atoms with Gasteiger partial charge in [0.2, 0.25) is 0 Å². The first-order valence-corrected chi connectivity index (χ1v) is 4.03. The monoisotopic (exact) mass is 171 g/mol. The number of aromatic nitrogens is 1. The first kappa shape index (κ1) is 7.80. The summed E-state index contributed by atoms with van der Waals surface area (Å²) in [5, 5.41) is 1.00. The van der Waals surface area contributed by atoms with E-state index in [0.717, 1.165) is 16.7 Å². The number of hydrogen-bond donors (Lipinski definition) is 0. The molecule has 2 nitrogen and oxygen atoms in total. The quantitative estimate of drug-likeness (QED) is 0.648. The van der Waals surface area contributed by atoms with E-state index >= 15 is 0 Å².